The summed E-state index contributed by atoms with van der Waals surface area (Å²) < 4.78 is 18.4. The zero-order valence-electron chi connectivity index (χ0n) is 13.3. The molecule has 1 aromatic carbocycles. The highest BCUT2D eigenvalue weighted by Crippen LogP contribution is 2.30. The number of amides is 1. The first-order valence-electron chi connectivity index (χ1n) is 7.92. The standard InChI is InChI=1S/C18H18FNO3S/c1-11(17(21)20-14-7-4-6-13(19)10-14)23-18(22)16-9-12-5-2-3-8-15(12)24-16/h4,6-7,9-11H,2-3,5,8H2,1H3,(H,20,21). The van der Waals surface area contributed by atoms with Gasteiger partial charge < -0.3 is 10.1 Å². The van der Waals surface area contributed by atoms with Crippen LogP contribution in [-0.2, 0) is 22.4 Å². The van der Waals surface area contributed by atoms with Crippen LogP contribution in [0.3, 0.4) is 0 Å². The molecule has 2 aromatic rings. The summed E-state index contributed by atoms with van der Waals surface area (Å²) in [6.07, 6.45) is 3.33. The maximum absolute atomic E-state index is 13.1. The molecule has 24 heavy (non-hydrogen) atoms. The topological polar surface area (TPSA) is 55.4 Å². The van der Waals surface area contributed by atoms with Crippen molar-refractivity contribution in [3.8, 4) is 0 Å². The fourth-order valence-corrected chi connectivity index (χ4v) is 3.81. The van der Waals surface area contributed by atoms with Crippen LogP contribution in [0.15, 0.2) is 30.3 Å². The van der Waals surface area contributed by atoms with Crippen molar-refractivity contribution in [1.82, 2.24) is 0 Å². The van der Waals surface area contributed by atoms with Gasteiger partial charge in [-0.3, -0.25) is 4.79 Å². The highest BCUT2D eigenvalue weighted by atomic mass is 32.1. The maximum atomic E-state index is 13.1. The minimum Gasteiger partial charge on any atom is -0.448 e. The van der Waals surface area contributed by atoms with Gasteiger partial charge in [0.2, 0.25) is 0 Å². The van der Waals surface area contributed by atoms with Crippen LogP contribution in [0, 0.1) is 5.82 Å². The molecule has 1 aliphatic carbocycles. The van der Waals surface area contributed by atoms with E-state index in [1.54, 1.807) is 6.07 Å². The summed E-state index contributed by atoms with van der Waals surface area (Å²) >= 11 is 1.45. The lowest BCUT2D eigenvalue weighted by Crippen LogP contribution is -2.29. The van der Waals surface area contributed by atoms with Crippen LogP contribution in [0.1, 0.15) is 39.9 Å². The van der Waals surface area contributed by atoms with Gasteiger partial charge in [0, 0.05) is 10.6 Å². The van der Waals surface area contributed by atoms with E-state index in [9.17, 15) is 14.0 Å². The van der Waals surface area contributed by atoms with Crippen molar-refractivity contribution in [1.29, 1.82) is 0 Å². The Kier molecular flexibility index (Phi) is 4.94. The Morgan fingerprint density at radius 3 is 2.79 bits per heavy atom. The average Bonchev–Trinajstić information content (AvgIpc) is 2.99. The van der Waals surface area contributed by atoms with Gasteiger partial charge in [-0.2, -0.15) is 0 Å². The predicted octanol–water partition coefficient (Wildman–Crippen LogP) is 3.95. The van der Waals surface area contributed by atoms with Gasteiger partial charge in [0.05, 0.1) is 0 Å². The number of esters is 1. The first-order chi connectivity index (χ1) is 11.5. The third kappa shape index (κ3) is 3.82. The monoisotopic (exact) mass is 347 g/mol. The van der Waals surface area contributed by atoms with E-state index in [0.29, 0.717) is 10.6 Å². The fourth-order valence-electron chi connectivity index (χ4n) is 2.67. The molecule has 0 saturated carbocycles. The van der Waals surface area contributed by atoms with Gasteiger partial charge in [0.1, 0.15) is 10.7 Å². The second-order valence-corrected chi connectivity index (χ2v) is 6.95. The molecule has 1 aromatic heterocycles. The summed E-state index contributed by atoms with van der Waals surface area (Å²) in [5.74, 6) is -1.42. The highest BCUT2D eigenvalue weighted by Gasteiger charge is 2.22. The average molecular weight is 347 g/mol. The molecule has 0 saturated heterocycles. The number of carbonyl (C=O) groups excluding carboxylic acids is 2. The molecule has 3 rings (SSSR count). The molecule has 126 valence electrons. The lowest BCUT2D eigenvalue weighted by molar-refractivity contribution is -0.123. The van der Waals surface area contributed by atoms with Crippen molar-refractivity contribution in [3.63, 3.8) is 0 Å². The number of halogens is 1. The van der Waals surface area contributed by atoms with Gasteiger partial charge >= 0.3 is 5.97 Å². The Hall–Kier alpha value is -2.21. The summed E-state index contributed by atoms with van der Waals surface area (Å²) in [5, 5.41) is 2.54. The van der Waals surface area contributed by atoms with Gasteiger partial charge in [0.25, 0.3) is 5.91 Å². The van der Waals surface area contributed by atoms with E-state index in [4.69, 9.17) is 4.74 Å². The normalized spacial score (nSPS) is 14.6. The quantitative estimate of drug-likeness (QED) is 0.852. The van der Waals surface area contributed by atoms with Gasteiger partial charge in [-0.1, -0.05) is 6.07 Å². The Balaban J connectivity index is 1.61. The summed E-state index contributed by atoms with van der Waals surface area (Å²) in [6, 6.07) is 7.44. The molecule has 6 heteroatoms. The van der Waals surface area contributed by atoms with Crippen molar-refractivity contribution < 1.29 is 18.7 Å². The smallest absolute Gasteiger partial charge is 0.349 e. The van der Waals surface area contributed by atoms with E-state index >= 15 is 0 Å². The molecular formula is C18H18FNO3S. The Bertz CT molecular complexity index is 748. The molecule has 0 fully saturated rings. The molecule has 1 atom stereocenters. The lowest BCUT2D eigenvalue weighted by Gasteiger charge is -2.13. The third-order valence-electron chi connectivity index (χ3n) is 3.94. The Morgan fingerprint density at radius 1 is 1.25 bits per heavy atom. The number of aryl methyl sites for hydroxylation is 2. The van der Waals surface area contributed by atoms with Crippen LogP contribution >= 0.6 is 11.3 Å². The van der Waals surface area contributed by atoms with Crippen molar-refractivity contribution in [2.24, 2.45) is 0 Å². The Labute approximate surface area is 143 Å². The maximum Gasteiger partial charge on any atom is 0.349 e. The van der Waals surface area contributed by atoms with Crippen molar-refractivity contribution in [2.75, 3.05) is 5.32 Å². The van der Waals surface area contributed by atoms with E-state index in [2.05, 4.69) is 5.32 Å². The number of hydrogen-bond acceptors (Lipinski definition) is 4. The highest BCUT2D eigenvalue weighted by molar-refractivity contribution is 7.14. The van der Waals surface area contributed by atoms with Crippen molar-refractivity contribution in [3.05, 3.63) is 51.5 Å². The SMILES string of the molecule is CC(OC(=O)c1cc2c(s1)CCCC2)C(=O)Nc1cccc(F)c1. The molecule has 4 nitrogen and oxygen atoms in total. The van der Waals surface area contributed by atoms with Gasteiger partial charge in [0.15, 0.2) is 6.10 Å². The van der Waals surface area contributed by atoms with Gasteiger partial charge in [-0.15, -0.1) is 11.3 Å². The number of thiophene rings is 1. The second-order valence-electron chi connectivity index (χ2n) is 5.81. The number of hydrogen-bond donors (Lipinski definition) is 1. The molecule has 0 bridgehead atoms. The van der Waals surface area contributed by atoms with E-state index in [1.807, 2.05) is 6.07 Å². The van der Waals surface area contributed by atoms with E-state index < -0.39 is 23.8 Å². The number of rotatable bonds is 4. The minimum absolute atomic E-state index is 0.328. The number of fused-ring (bicyclic) bond motifs is 1. The molecule has 0 spiro atoms. The van der Waals surface area contributed by atoms with E-state index in [1.165, 1.54) is 46.9 Å². The number of benzene rings is 1. The van der Waals surface area contributed by atoms with Crippen molar-refractivity contribution in [2.45, 2.75) is 38.7 Å². The van der Waals surface area contributed by atoms with E-state index in [-0.39, 0.29) is 0 Å². The Morgan fingerprint density at radius 2 is 2.04 bits per heavy atom. The number of anilines is 1. The fraction of sp³-hybridized carbons (Fsp3) is 0.333. The molecule has 1 heterocycles. The van der Waals surface area contributed by atoms with Crippen LogP contribution in [0.5, 0.6) is 0 Å². The number of carbonyl (C=O) groups is 2. The zero-order chi connectivity index (χ0) is 17.1. The molecular weight excluding hydrogens is 329 g/mol. The summed E-state index contributed by atoms with van der Waals surface area (Å²) in [4.78, 5) is 26.1. The first kappa shape index (κ1) is 16.6. The molecule has 0 radical (unpaired) electrons. The van der Waals surface area contributed by atoms with Crippen LogP contribution in [0.4, 0.5) is 10.1 Å². The summed E-state index contributed by atoms with van der Waals surface area (Å²) in [5.41, 5.74) is 1.55. The molecule has 1 unspecified atom stereocenters. The second kappa shape index (κ2) is 7.13. The van der Waals surface area contributed by atoms with Crippen LogP contribution in [0.2, 0.25) is 0 Å². The molecule has 1 N–H and O–H groups in total. The molecule has 1 aliphatic rings. The van der Waals surface area contributed by atoms with Crippen LogP contribution < -0.4 is 5.32 Å². The van der Waals surface area contributed by atoms with Gasteiger partial charge in [-0.25, -0.2) is 9.18 Å². The van der Waals surface area contributed by atoms with Crippen LogP contribution in [0.25, 0.3) is 0 Å². The third-order valence-corrected chi connectivity index (χ3v) is 5.16. The minimum atomic E-state index is -0.958. The largest absolute Gasteiger partial charge is 0.448 e. The number of nitrogens with one attached hydrogen (secondary N) is 1. The summed E-state index contributed by atoms with van der Waals surface area (Å²) in [7, 11) is 0. The van der Waals surface area contributed by atoms with Gasteiger partial charge in [-0.05, 0) is 62.4 Å². The molecule has 0 aliphatic heterocycles. The predicted molar refractivity (Wildman–Crippen MR) is 90.9 cm³/mol. The molecule has 1 amide bonds. The first-order valence-corrected chi connectivity index (χ1v) is 8.73. The van der Waals surface area contributed by atoms with Crippen molar-refractivity contribution >= 4 is 28.9 Å². The zero-order valence-corrected chi connectivity index (χ0v) is 14.1. The van der Waals surface area contributed by atoms with E-state index in [0.717, 1.165) is 25.7 Å². The summed E-state index contributed by atoms with van der Waals surface area (Å²) in [6.45, 7) is 1.50. The van der Waals surface area contributed by atoms with Crippen LogP contribution in [-0.4, -0.2) is 18.0 Å². The number of ether oxygens (including phenoxy) is 1. The lowest BCUT2D eigenvalue weighted by atomic mass is 9.99.